The summed E-state index contributed by atoms with van der Waals surface area (Å²) in [5.74, 6) is 0.638. The van der Waals surface area contributed by atoms with Gasteiger partial charge in [-0.3, -0.25) is 0 Å². The first kappa shape index (κ1) is 12.0. The third kappa shape index (κ3) is 3.52. The van der Waals surface area contributed by atoms with Crippen molar-refractivity contribution in [1.82, 2.24) is 4.90 Å². The van der Waals surface area contributed by atoms with E-state index in [0.29, 0.717) is 5.92 Å². The van der Waals surface area contributed by atoms with Crippen LogP contribution in [-0.2, 0) is 0 Å². The van der Waals surface area contributed by atoms with Crippen molar-refractivity contribution in [2.75, 3.05) is 20.6 Å². The first-order valence-corrected chi connectivity index (χ1v) is 5.54. The van der Waals surface area contributed by atoms with E-state index in [1.165, 1.54) is 17.5 Å². The van der Waals surface area contributed by atoms with Crippen LogP contribution in [-0.4, -0.2) is 25.5 Å². The smallest absolute Gasteiger partial charge is 0.00441 e. The van der Waals surface area contributed by atoms with E-state index in [2.05, 4.69) is 56.8 Å². The van der Waals surface area contributed by atoms with Crippen LogP contribution in [0.3, 0.4) is 0 Å². The van der Waals surface area contributed by atoms with E-state index in [-0.39, 0.29) is 0 Å². The third-order valence-electron chi connectivity index (χ3n) is 2.72. The van der Waals surface area contributed by atoms with Crippen molar-refractivity contribution in [3.8, 4) is 0 Å². The SMILES string of the molecule is C=Cc1ccc(C(CC)CN(C)C)cc1. The molecule has 0 aliphatic carbocycles. The summed E-state index contributed by atoms with van der Waals surface area (Å²) in [5, 5.41) is 0. The van der Waals surface area contributed by atoms with E-state index >= 15 is 0 Å². The van der Waals surface area contributed by atoms with Gasteiger partial charge in [0.05, 0.1) is 0 Å². The highest BCUT2D eigenvalue weighted by Crippen LogP contribution is 2.20. The molecule has 0 saturated heterocycles. The maximum Gasteiger partial charge on any atom is 0.00441 e. The highest BCUT2D eigenvalue weighted by molar-refractivity contribution is 5.47. The van der Waals surface area contributed by atoms with Crippen LogP contribution in [0.4, 0.5) is 0 Å². The molecule has 0 aliphatic heterocycles. The predicted octanol–water partition coefficient (Wildman–Crippen LogP) is 3.38. The summed E-state index contributed by atoms with van der Waals surface area (Å²) < 4.78 is 0. The Kier molecular flexibility index (Phi) is 4.57. The zero-order valence-corrected chi connectivity index (χ0v) is 10.0. The second-order valence-corrected chi connectivity index (χ2v) is 4.24. The molecule has 82 valence electrons. The Morgan fingerprint density at radius 1 is 1.27 bits per heavy atom. The van der Waals surface area contributed by atoms with Gasteiger partial charge in [0.15, 0.2) is 0 Å². The van der Waals surface area contributed by atoms with E-state index in [9.17, 15) is 0 Å². The zero-order chi connectivity index (χ0) is 11.3. The Hall–Kier alpha value is -1.08. The standard InChI is InChI=1S/C14H21N/c1-5-12-7-9-14(10-8-12)13(6-2)11-15(3)4/h5,7-10,13H,1,6,11H2,2-4H3. The summed E-state index contributed by atoms with van der Waals surface area (Å²) in [7, 11) is 4.25. The fourth-order valence-corrected chi connectivity index (χ4v) is 1.82. The third-order valence-corrected chi connectivity index (χ3v) is 2.72. The largest absolute Gasteiger partial charge is 0.309 e. The molecule has 15 heavy (non-hydrogen) atoms. The second-order valence-electron chi connectivity index (χ2n) is 4.24. The summed E-state index contributed by atoms with van der Waals surface area (Å²) in [6.07, 6.45) is 3.07. The van der Waals surface area contributed by atoms with Gasteiger partial charge in [-0.2, -0.15) is 0 Å². The van der Waals surface area contributed by atoms with Gasteiger partial charge in [-0.25, -0.2) is 0 Å². The van der Waals surface area contributed by atoms with Gasteiger partial charge in [0, 0.05) is 6.54 Å². The molecule has 0 bridgehead atoms. The van der Waals surface area contributed by atoms with Crippen molar-refractivity contribution in [3.05, 3.63) is 42.0 Å². The summed E-state index contributed by atoms with van der Waals surface area (Å²) in [6.45, 7) is 7.13. The highest BCUT2D eigenvalue weighted by atomic mass is 15.1. The number of hydrogen-bond acceptors (Lipinski definition) is 1. The molecule has 1 unspecified atom stereocenters. The van der Waals surface area contributed by atoms with Gasteiger partial charge in [0.1, 0.15) is 0 Å². The van der Waals surface area contributed by atoms with E-state index in [1.54, 1.807) is 0 Å². The lowest BCUT2D eigenvalue weighted by molar-refractivity contribution is 0.368. The predicted molar refractivity (Wildman–Crippen MR) is 68.1 cm³/mol. The quantitative estimate of drug-likeness (QED) is 0.709. The molecule has 1 atom stereocenters. The molecule has 0 N–H and O–H groups in total. The average molecular weight is 203 g/mol. The molecule has 0 heterocycles. The van der Waals surface area contributed by atoms with Crippen LogP contribution in [0.2, 0.25) is 0 Å². The Bertz CT molecular complexity index is 298. The zero-order valence-electron chi connectivity index (χ0n) is 10.0. The van der Waals surface area contributed by atoms with Gasteiger partial charge < -0.3 is 4.90 Å². The fourth-order valence-electron chi connectivity index (χ4n) is 1.82. The van der Waals surface area contributed by atoms with Crippen LogP contribution in [0.25, 0.3) is 6.08 Å². The summed E-state index contributed by atoms with van der Waals surface area (Å²) >= 11 is 0. The number of hydrogen-bond donors (Lipinski definition) is 0. The van der Waals surface area contributed by atoms with Crippen molar-refractivity contribution in [3.63, 3.8) is 0 Å². The van der Waals surface area contributed by atoms with Gasteiger partial charge in [-0.1, -0.05) is 43.8 Å². The number of rotatable bonds is 5. The van der Waals surface area contributed by atoms with Crippen molar-refractivity contribution in [1.29, 1.82) is 0 Å². The number of likely N-dealkylation sites (N-methyl/N-ethyl adjacent to an activating group) is 1. The second kappa shape index (κ2) is 5.72. The summed E-state index contributed by atoms with van der Waals surface area (Å²) in [4.78, 5) is 2.25. The van der Waals surface area contributed by atoms with Gasteiger partial charge in [-0.05, 0) is 37.6 Å². The van der Waals surface area contributed by atoms with Crippen LogP contribution in [0.1, 0.15) is 30.4 Å². The highest BCUT2D eigenvalue weighted by Gasteiger charge is 2.09. The van der Waals surface area contributed by atoms with Crippen molar-refractivity contribution in [2.24, 2.45) is 0 Å². The molecule has 1 heteroatoms. The topological polar surface area (TPSA) is 3.24 Å². The molecule has 1 nitrogen and oxygen atoms in total. The Morgan fingerprint density at radius 3 is 2.27 bits per heavy atom. The van der Waals surface area contributed by atoms with Gasteiger partial charge in [-0.15, -0.1) is 0 Å². The first-order valence-electron chi connectivity index (χ1n) is 5.54. The lowest BCUT2D eigenvalue weighted by Crippen LogP contribution is -2.19. The molecule has 0 aliphatic rings. The molecule has 0 amide bonds. The van der Waals surface area contributed by atoms with Crippen molar-refractivity contribution in [2.45, 2.75) is 19.3 Å². The lowest BCUT2D eigenvalue weighted by atomic mass is 9.95. The molecule has 0 saturated carbocycles. The Labute approximate surface area is 93.4 Å². The van der Waals surface area contributed by atoms with Gasteiger partial charge in [0.25, 0.3) is 0 Å². The van der Waals surface area contributed by atoms with Gasteiger partial charge in [0.2, 0.25) is 0 Å². The molecule has 0 fully saturated rings. The van der Waals surface area contributed by atoms with Crippen LogP contribution in [0.15, 0.2) is 30.8 Å². The average Bonchev–Trinajstić information content (AvgIpc) is 2.26. The Balaban J connectivity index is 2.78. The molecule has 1 aromatic carbocycles. The van der Waals surface area contributed by atoms with E-state index < -0.39 is 0 Å². The van der Waals surface area contributed by atoms with Crippen LogP contribution in [0, 0.1) is 0 Å². The number of benzene rings is 1. The van der Waals surface area contributed by atoms with E-state index in [0.717, 1.165) is 6.54 Å². The van der Waals surface area contributed by atoms with E-state index in [4.69, 9.17) is 0 Å². The Morgan fingerprint density at radius 2 is 1.87 bits per heavy atom. The first-order chi connectivity index (χ1) is 7.17. The summed E-state index contributed by atoms with van der Waals surface area (Å²) in [5.41, 5.74) is 2.62. The van der Waals surface area contributed by atoms with Crippen molar-refractivity contribution >= 4 is 6.08 Å². The molecule has 1 aromatic rings. The van der Waals surface area contributed by atoms with Crippen LogP contribution < -0.4 is 0 Å². The molecule has 0 aromatic heterocycles. The molecular formula is C14H21N. The molecule has 1 rings (SSSR count). The molecule has 0 spiro atoms. The summed E-state index contributed by atoms with van der Waals surface area (Å²) in [6, 6.07) is 8.71. The van der Waals surface area contributed by atoms with Crippen LogP contribution in [0.5, 0.6) is 0 Å². The van der Waals surface area contributed by atoms with Crippen LogP contribution >= 0.6 is 0 Å². The number of nitrogens with zero attached hydrogens (tertiary/aromatic N) is 1. The van der Waals surface area contributed by atoms with Gasteiger partial charge >= 0.3 is 0 Å². The van der Waals surface area contributed by atoms with E-state index in [1.807, 2.05) is 6.08 Å². The maximum absolute atomic E-state index is 3.77. The normalized spacial score (nSPS) is 12.8. The molecular weight excluding hydrogens is 182 g/mol. The minimum Gasteiger partial charge on any atom is -0.309 e. The molecule has 0 radical (unpaired) electrons. The fraction of sp³-hybridized carbons (Fsp3) is 0.429. The monoisotopic (exact) mass is 203 g/mol. The van der Waals surface area contributed by atoms with Crippen molar-refractivity contribution < 1.29 is 0 Å². The maximum atomic E-state index is 3.77. The minimum absolute atomic E-state index is 0.638. The lowest BCUT2D eigenvalue weighted by Gasteiger charge is -2.20. The minimum atomic E-state index is 0.638.